The van der Waals surface area contributed by atoms with E-state index in [2.05, 4.69) is 43.6 Å². The Bertz CT molecular complexity index is 1420. The molecule has 0 spiro atoms. The van der Waals surface area contributed by atoms with Crippen molar-refractivity contribution in [3.8, 4) is 17.0 Å². The van der Waals surface area contributed by atoms with Gasteiger partial charge in [-0.05, 0) is 44.3 Å². The van der Waals surface area contributed by atoms with Crippen molar-refractivity contribution in [2.24, 2.45) is 7.05 Å². The van der Waals surface area contributed by atoms with Crippen LogP contribution < -0.4 is 10.1 Å². The quantitative estimate of drug-likeness (QED) is 0.444. The molecule has 0 aromatic carbocycles. The van der Waals surface area contributed by atoms with Gasteiger partial charge in [-0.15, -0.1) is 5.10 Å². The number of aromatic nitrogens is 7. The predicted molar refractivity (Wildman–Crippen MR) is 120 cm³/mol. The van der Waals surface area contributed by atoms with Gasteiger partial charge in [0.05, 0.1) is 11.7 Å². The number of nitrogens with zero attached hydrogens (tertiary/aromatic N) is 8. The number of imidazole rings is 1. The van der Waals surface area contributed by atoms with E-state index in [1.807, 2.05) is 52.9 Å². The molecular formula is C22H23N9O. The van der Waals surface area contributed by atoms with Crippen LogP contribution in [0.2, 0.25) is 0 Å². The van der Waals surface area contributed by atoms with Crippen LogP contribution in [0.25, 0.3) is 22.4 Å². The lowest BCUT2D eigenvalue weighted by molar-refractivity contribution is 0.0771. The van der Waals surface area contributed by atoms with E-state index in [0.717, 1.165) is 34.7 Å². The fourth-order valence-corrected chi connectivity index (χ4v) is 4.03. The van der Waals surface area contributed by atoms with Gasteiger partial charge in [-0.3, -0.25) is 9.58 Å². The van der Waals surface area contributed by atoms with E-state index >= 15 is 0 Å². The van der Waals surface area contributed by atoms with Crippen LogP contribution in [0.15, 0.2) is 55.1 Å². The van der Waals surface area contributed by atoms with Gasteiger partial charge in [-0.25, -0.2) is 14.0 Å². The van der Waals surface area contributed by atoms with Crippen molar-refractivity contribution in [1.82, 2.24) is 38.9 Å². The predicted octanol–water partition coefficient (Wildman–Crippen LogP) is 2.60. The normalized spacial score (nSPS) is 16.5. The van der Waals surface area contributed by atoms with Crippen molar-refractivity contribution in [2.75, 3.05) is 25.5 Å². The SMILES string of the molecule is CN1CC[C@@H]1COc1cnn(C)c1-c1ccn2nc(Nc3ccc4nccn4n3)cc2c1. The van der Waals surface area contributed by atoms with E-state index in [1.165, 1.54) is 6.42 Å². The molecule has 6 heterocycles. The highest BCUT2D eigenvalue weighted by atomic mass is 16.5. The molecular weight excluding hydrogens is 406 g/mol. The third-order valence-corrected chi connectivity index (χ3v) is 6.02. The van der Waals surface area contributed by atoms with Crippen LogP contribution in [0.3, 0.4) is 0 Å². The van der Waals surface area contributed by atoms with Crippen LogP contribution in [-0.4, -0.2) is 65.1 Å². The van der Waals surface area contributed by atoms with E-state index in [0.29, 0.717) is 24.3 Å². The number of rotatable bonds is 6. The van der Waals surface area contributed by atoms with Crippen molar-refractivity contribution in [1.29, 1.82) is 0 Å². The highest BCUT2D eigenvalue weighted by molar-refractivity contribution is 5.72. The van der Waals surface area contributed by atoms with Gasteiger partial charge in [0, 0.05) is 43.3 Å². The molecule has 1 fully saturated rings. The molecule has 6 rings (SSSR count). The standard InChI is InChI=1S/C22H23N9O/c1-28-8-6-16(28)14-32-18-13-24-29(2)22(18)15-5-9-30-17(11-15)12-20(27-30)25-19-3-4-21-23-7-10-31(21)26-19/h3-5,7,9-13,16H,6,8,14H2,1-2H3,(H,25,26,27)/t16-/m1/s1. The lowest BCUT2D eigenvalue weighted by Gasteiger charge is -2.37. The van der Waals surface area contributed by atoms with Crippen molar-refractivity contribution in [2.45, 2.75) is 12.5 Å². The minimum atomic E-state index is 0.476. The molecule has 0 unspecified atom stereocenters. The minimum Gasteiger partial charge on any atom is -0.488 e. The lowest BCUT2D eigenvalue weighted by Crippen LogP contribution is -2.48. The second-order valence-corrected chi connectivity index (χ2v) is 8.10. The summed E-state index contributed by atoms with van der Waals surface area (Å²) in [5.74, 6) is 2.21. The fraction of sp³-hybridized carbons (Fsp3) is 0.273. The fourth-order valence-electron chi connectivity index (χ4n) is 4.03. The third kappa shape index (κ3) is 3.25. The second kappa shape index (κ2) is 7.34. The molecule has 1 saturated heterocycles. The smallest absolute Gasteiger partial charge is 0.165 e. The van der Waals surface area contributed by atoms with Gasteiger partial charge in [0.1, 0.15) is 12.3 Å². The van der Waals surface area contributed by atoms with Crippen molar-refractivity contribution >= 4 is 22.8 Å². The number of nitrogens with one attached hydrogen (secondary N) is 1. The monoisotopic (exact) mass is 429 g/mol. The average Bonchev–Trinajstić information content (AvgIpc) is 3.50. The maximum Gasteiger partial charge on any atom is 0.165 e. The van der Waals surface area contributed by atoms with Gasteiger partial charge < -0.3 is 10.1 Å². The van der Waals surface area contributed by atoms with Crippen LogP contribution in [0.4, 0.5) is 11.6 Å². The number of pyridine rings is 1. The van der Waals surface area contributed by atoms with Gasteiger partial charge >= 0.3 is 0 Å². The summed E-state index contributed by atoms with van der Waals surface area (Å²) in [5, 5.41) is 16.8. The first kappa shape index (κ1) is 18.8. The molecule has 1 aliphatic rings. The first-order valence-electron chi connectivity index (χ1n) is 10.6. The Labute approximate surface area is 184 Å². The molecule has 1 atom stereocenters. The summed E-state index contributed by atoms with van der Waals surface area (Å²) >= 11 is 0. The summed E-state index contributed by atoms with van der Waals surface area (Å²) in [7, 11) is 4.06. The topological polar surface area (TPSA) is 89.8 Å². The molecule has 5 aromatic rings. The summed E-state index contributed by atoms with van der Waals surface area (Å²) in [6, 6.07) is 10.4. The number of ether oxygens (including phenoxy) is 1. The molecule has 0 saturated carbocycles. The molecule has 0 bridgehead atoms. The molecule has 5 aromatic heterocycles. The Hall–Kier alpha value is -3.92. The highest BCUT2D eigenvalue weighted by Crippen LogP contribution is 2.31. The first-order chi connectivity index (χ1) is 15.6. The number of likely N-dealkylation sites (N-methyl/N-ethyl adjacent to an activating group) is 1. The molecule has 0 amide bonds. The first-order valence-corrected chi connectivity index (χ1v) is 10.6. The van der Waals surface area contributed by atoms with Crippen LogP contribution in [0.5, 0.6) is 5.75 Å². The van der Waals surface area contributed by atoms with Crippen molar-refractivity contribution in [3.05, 3.63) is 55.1 Å². The molecule has 0 radical (unpaired) electrons. The summed E-state index contributed by atoms with van der Waals surface area (Å²) in [6.45, 7) is 1.81. The van der Waals surface area contributed by atoms with Crippen molar-refractivity contribution < 1.29 is 4.74 Å². The van der Waals surface area contributed by atoms with Gasteiger partial charge in [-0.2, -0.15) is 10.2 Å². The van der Waals surface area contributed by atoms with Gasteiger partial charge in [0.25, 0.3) is 0 Å². The van der Waals surface area contributed by atoms with E-state index < -0.39 is 0 Å². The van der Waals surface area contributed by atoms with E-state index in [-0.39, 0.29) is 0 Å². The second-order valence-electron chi connectivity index (χ2n) is 8.10. The molecule has 1 aliphatic heterocycles. The lowest BCUT2D eigenvalue weighted by atomic mass is 10.1. The Kier molecular flexibility index (Phi) is 4.32. The molecule has 1 N–H and O–H groups in total. The summed E-state index contributed by atoms with van der Waals surface area (Å²) in [4.78, 5) is 6.53. The van der Waals surface area contributed by atoms with E-state index in [4.69, 9.17) is 4.74 Å². The van der Waals surface area contributed by atoms with Crippen LogP contribution in [0.1, 0.15) is 6.42 Å². The van der Waals surface area contributed by atoms with E-state index in [1.54, 1.807) is 16.9 Å². The van der Waals surface area contributed by atoms with Crippen LogP contribution in [-0.2, 0) is 7.05 Å². The van der Waals surface area contributed by atoms with Gasteiger partial charge in [0.2, 0.25) is 0 Å². The number of fused-ring (bicyclic) bond motifs is 2. The number of hydrogen-bond acceptors (Lipinski definition) is 7. The average molecular weight is 429 g/mol. The Morgan fingerprint density at radius 3 is 2.81 bits per heavy atom. The summed E-state index contributed by atoms with van der Waals surface area (Å²) in [5.41, 5.74) is 3.74. The zero-order valence-corrected chi connectivity index (χ0v) is 17.9. The number of likely N-dealkylation sites (tertiary alicyclic amines) is 1. The Balaban J connectivity index is 1.27. The van der Waals surface area contributed by atoms with Gasteiger partial charge in [0.15, 0.2) is 23.0 Å². The summed E-state index contributed by atoms with van der Waals surface area (Å²) < 4.78 is 11.5. The van der Waals surface area contributed by atoms with Crippen LogP contribution in [0, 0.1) is 0 Å². The zero-order chi connectivity index (χ0) is 21.7. The highest BCUT2D eigenvalue weighted by Gasteiger charge is 2.25. The molecule has 162 valence electrons. The Morgan fingerprint density at radius 1 is 1.06 bits per heavy atom. The molecule has 0 aliphatic carbocycles. The largest absolute Gasteiger partial charge is 0.488 e. The minimum absolute atomic E-state index is 0.476. The molecule has 32 heavy (non-hydrogen) atoms. The molecule has 10 heteroatoms. The van der Waals surface area contributed by atoms with E-state index in [9.17, 15) is 0 Å². The maximum atomic E-state index is 6.14. The maximum absolute atomic E-state index is 6.14. The number of anilines is 2. The van der Waals surface area contributed by atoms with Crippen molar-refractivity contribution in [3.63, 3.8) is 0 Å². The van der Waals surface area contributed by atoms with Gasteiger partial charge in [-0.1, -0.05) is 0 Å². The summed E-state index contributed by atoms with van der Waals surface area (Å²) in [6.07, 6.45) is 8.44. The third-order valence-electron chi connectivity index (χ3n) is 6.02. The molecule has 10 nitrogen and oxygen atoms in total. The number of hydrogen-bond donors (Lipinski definition) is 1. The number of aryl methyl sites for hydroxylation is 1. The zero-order valence-electron chi connectivity index (χ0n) is 17.9. The Morgan fingerprint density at radius 2 is 1.97 bits per heavy atom. The van der Waals surface area contributed by atoms with Crippen LogP contribution >= 0.6 is 0 Å².